The van der Waals surface area contributed by atoms with E-state index >= 15 is 0 Å². The molecule has 23 heavy (non-hydrogen) atoms. The van der Waals surface area contributed by atoms with Crippen molar-refractivity contribution in [3.05, 3.63) is 47.0 Å². The second kappa shape index (κ2) is 6.91. The molecule has 0 saturated heterocycles. The molecule has 1 aromatic carbocycles. The van der Waals surface area contributed by atoms with E-state index in [1.54, 1.807) is 13.1 Å². The summed E-state index contributed by atoms with van der Waals surface area (Å²) in [6.07, 6.45) is 0. The molecule has 2 rings (SSSR count). The highest BCUT2D eigenvalue weighted by atomic mass is 19.1. The first-order chi connectivity index (χ1) is 10.8. The van der Waals surface area contributed by atoms with E-state index in [2.05, 4.69) is 10.4 Å². The van der Waals surface area contributed by atoms with Gasteiger partial charge in [-0.25, -0.2) is 9.07 Å². The van der Waals surface area contributed by atoms with Crippen molar-refractivity contribution in [1.29, 1.82) is 0 Å². The van der Waals surface area contributed by atoms with Crippen molar-refractivity contribution >= 4 is 5.91 Å². The maximum atomic E-state index is 13.7. The van der Waals surface area contributed by atoms with Crippen LogP contribution in [0.5, 0.6) is 0 Å². The van der Waals surface area contributed by atoms with Crippen LogP contribution in [-0.2, 0) is 11.3 Å². The van der Waals surface area contributed by atoms with Gasteiger partial charge in [-0.3, -0.25) is 9.69 Å². The number of rotatable bonds is 5. The molecule has 124 valence electrons. The van der Waals surface area contributed by atoms with Crippen LogP contribution in [0.1, 0.15) is 23.9 Å². The van der Waals surface area contributed by atoms with Gasteiger partial charge in [0, 0.05) is 19.3 Å². The summed E-state index contributed by atoms with van der Waals surface area (Å²) in [4.78, 5) is 13.7. The number of likely N-dealkylation sites (N-methyl/N-ethyl adjacent to an activating group) is 2. The van der Waals surface area contributed by atoms with Crippen molar-refractivity contribution in [3.8, 4) is 5.69 Å². The highest BCUT2D eigenvalue weighted by molar-refractivity contribution is 5.80. The van der Waals surface area contributed by atoms with Crippen molar-refractivity contribution in [2.75, 3.05) is 14.1 Å². The zero-order valence-corrected chi connectivity index (χ0v) is 14.2. The second-order valence-electron chi connectivity index (χ2n) is 5.82. The van der Waals surface area contributed by atoms with E-state index in [-0.39, 0.29) is 17.8 Å². The number of carbonyl (C=O) groups excluding carboxylic acids is 1. The quantitative estimate of drug-likeness (QED) is 0.919. The summed E-state index contributed by atoms with van der Waals surface area (Å²) in [5.41, 5.74) is 3.50. The number of benzene rings is 1. The van der Waals surface area contributed by atoms with Gasteiger partial charge >= 0.3 is 0 Å². The van der Waals surface area contributed by atoms with E-state index in [0.29, 0.717) is 6.54 Å². The van der Waals surface area contributed by atoms with E-state index in [0.717, 1.165) is 22.6 Å². The maximum Gasteiger partial charge on any atom is 0.236 e. The first kappa shape index (κ1) is 17.1. The van der Waals surface area contributed by atoms with Crippen LogP contribution >= 0.6 is 0 Å². The first-order valence-corrected chi connectivity index (χ1v) is 7.57. The van der Waals surface area contributed by atoms with Gasteiger partial charge in [0.25, 0.3) is 0 Å². The summed E-state index contributed by atoms with van der Waals surface area (Å²) in [5, 5.41) is 7.10. The van der Waals surface area contributed by atoms with Gasteiger partial charge in [-0.1, -0.05) is 0 Å². The zero-order chi connectivity index (χ0) is 17.1. The molecule has 5 nitrogen and oxygen atoms in total. The molecule has 0 radical (unpaired) electrons. The van der Waals surface area contributed by atoms with Crippen LogP contribution in [0.4, 0.5) is 4.39 Å². The van der Waals surface area contributed by atoms with Crippen LogP contribution in [0.2, 0.25) is 0 Å². The number of carbonyl (C=O) groups is 1. The molecule has 1 aromatic heterocycles. The van der Waals surface area contributed by atoms with Gasteiger partial charge in [0.2, 0.25) is 5.91 Å². The minimum atomic E-state index is -0.309. The van der Waals surface area contributed by atoms with Crippen LogP contribution in [0.3, 0.4) is 0 Å². The lowest BCUT2D eigenvalue weighted by Gasteiger charge is -2.24. The minimum absolute atomic E-state index is 0.0726. The van der Waals surface area contributed by atoms with E-state index in [9.17, 15) is 9.18 Å². The number of hydrogen-bond acceptors (Lipinski definition) is 3. The monoisotopic (exact) mass is 318 g/mol. The number of hydrogen-bond donors (Lipinski definition) is 1. The summed E-state index contributed by atoms with van der Waals surface area (Å²) < 4.78 is 15.5. The molecular formula is C17H23FN4O. The molecule has 0 aliphatic carbocycles. The van der Waals surface area contributed by atoms with Crippen molar-refractivity contribution in [3.63, 3.8) is 0 Å². The molecule has 1 heterocycles. The van der Waals surface area contributed by atoms with Crippen LogP contribution in [0.25, 0.3) is 5.69 Å². The lowest BCUT2D eigenvalue weighted by molar-refractivity contribution is -0.125. The molecule has 1 atom stereocenters. The fourth-order valence-electron chi connectivity index (χ4n) is 2.57. The standard InChI is InChI=1S/C17H23FN4O/c1-11-8-12(2)22(20-11)16-7-6-15(18)9-14(16)10-21(5)13(3)17(23)19-4/h6-9,13H,10H2,1-5H3,(H,19,23)/t13-/m0/s1. The molecule has 0 fully saturated rings. The third kappa shape index (κ3) is 3.76. The molecule has 6 heteroatoms. The fourth-order valence-corrected chi connectivity index (χ4v) is 2.57. The number of aromatic nitrogens is 2. The van der Waals surface area contributed by atoms with Crippen molar-refractivity contribution in [2.45, 2.75) is 33.4 Å². The summed E-state index contributed by atoms with van der Waals surface area (Å²) in [7, 11) is 3.45. The molecule has 0 aliphatic rings. The smallest absolute Gasteiger partial charge is 0.236 e. The topological polar surface area (TPSA) is 50.2 Å². The van der Waals surface area contributed by atoms with Crippen molar-refractivity contribution < 1.29 is 9.18 Å². The largest absolute Gasteiger partial charge is 0.358 e. The Labute approximate surface area is 136 Å². The third-order valence-corrected chi connectivity index (χ3v) is 3.99. The Balaban J connectivity index is 2.36. The molecule has 0 bridgehead atoms. The SMILES string of the molecule is CNC(=O)[C@H](C)N(C)Cc1cc(F)ccc1-n1nc(C)cc1C. The summed E-state index contributed by atoms with van der Waals surface area (Å²) in [6, 6.07) is 6.32. The van der Waals surface area contributed by atoms with Gasteiger partial charge in [-0.05, 0) is 57.6 Å². The molecular weight excluding hydrogens is 295 g/mol. The Kier molecular flexibility index (Phi) is 5.15. The minimum Gasteiger partial charge on any atom is -0.358 e. The lowest BCUT2D eigenvalue weighted by Crippen LogP contribution is -2.41. The Morgan fingerprint density at radius 1 is 1.39 bits per heavy atom. The summed E-state index contributed by atoms with van der Waals surface area (Å²) >= 11 is 0. The van der Waals surface area contributed by atoms with Gasteiger partial charge in [0.15, 0.2) is 0 Å². The predicted molar refractivity (Wildman–Crippen MR) is 88.0 cm³/mol. The predicted octanol–water partition coefficient (Wildman–Crippen LogP) is 2.19. The zero-order valence-electron chi connectivity index (χ0n) is 14.2. The molecule has 1 N–H and O–H groups in total. The van der Waals surface area contributed by atoms with Gasteiger partial charge in [0.1, 0.15) is 5.82 Å². The van der Waals surface area contributed by atoms with Crippen molar-refractivity contribution in [2.24, 2.45) is 0 Å². The Morgan fingerprint density at radius 3 is 2.65 bits per heavy atom. The Hall–Kier alpha value is -2.21. The normalized spacial score (nSPS) is 12.5. The highest BCUT2D eigenvalue weighted by Gasteiger charge is 2.19. The third-order valence-electron chi connectivity index (χ3n) is 3.99. The molecule has 1 amide bonds. The van der Waals surface area contributed by atoms with E-state index < -0.39 is 0 Å². The fraction of sp³-hybridized carbons (Fsp3) is 0.412. The second-order valence-corrected chi connectivity index (χ2v) is 5.82. The Bertz CT molecular complexity index is 711. The van der Waals surface area contributed by atoms with E-state index in [1.807, 2.05) is 43.5 Å². The average molecular weight is 318 g/mol. The van der Waals surface area contributed by atoms with Gasteiger partial charge in [-0.15, -0.1) is 0 Å². The molecule has 0 saturated carbocycles. The van der Waals surface area contributed by atoms with Gasteiger partial charge in [-0.2, -0.15) is 5.10 Å². The van der Waals surface area contributed by atoms with Crippen LogP contribution < -0.4 is 5.32 Å². The van der Waals surface area contributed by atoms with Gasteiger partial charge in [0.05, 0.1) is 17.4 Å². The van der Waals surface area contributed by atoms with Crippen LogP contribution in [-0.4, -0.2) is 40.7 Å². The molecule has 2 aromatic rings. The van der Waals surface area contributed by atoms with Gasteiger partial charge < -0.3 is 5.32 Å². The Morgan fingerprint density at radius 2 is 2.09 bits per heavy atom. The van der Waals surface area contributed by atoms with E-state index in [4.69, 9.17) is 0 Å². The van der Waals surface area contributed by atoms with Crippen LogP contribution in [0.15, 0.2) is 24.3 Å². The number of nitrogens with zero attached hydrogens (tertiary/aromatic N) is 3. The number of aryl methyl sites for hydroxylation is 2. The lowest BCUT2D eigenvalue weighted by atomic mass is 10.1. The maximum absolute atomic E-state index is 13.7. The highest BCUT2D eigenvalue weighted by Crippen LogP contribution is 2.20. The van der Waals surface area contributed by atoms with E-state index in [1.165, 1.54) is 12.1 Å². The molecule has 0 unspecified atom stereocenters. The van der Waals surface area contributed by atoms with Crippen LogP contribution in [0, 0.1) is 19.7 Å². The number of nitrogens with one attached hydrogen (secondary N) is 1. The number of amides is 1. The first-order valence-electron chi connectivity index (χ1n) is 7.57. The number of halogens is 1. The molecule has 0 aliphatic heterocycles. The summed E-state index contributed by atoms with van der Waals surface area (Å²) in [5.74, 6) is -0.372. The average Bonchev–Trinajstić information content (AvgIpc) is 2.84. The molecule has 0 spiro atoms. The summed E-state index contributed by atoms with van der Waals surface area (Å²) in [6.45, 7) is 6.15. The van der Waals surface area contributed by atoms with Crippen molar-refractivity contribution in [1.82, 2.24) is 20.0 Å².